The third kappa shape index (κ3) is 7.28. The van der Waals surface area contributed by atoms with E-state index in [1.54, 1.807) is 29.2 Å². The fraction of sp³-hybridized carbons (Fsp3) is 0.333. The number of nitro groups is 1. The summed E-state index contributed by atoms with van der Waals surface area (Å²) >= 11 is 0. The minimum Gasteiger partial charge on any atom is -0.353 e. The van der Waals surface area contributed by atoms with Gasteiger partial charge in [-0.05, 0) is 43.0 Å². The van der Waals surface area contributed by atoms with Crippen molar-refractivity contribution in [2.45, 2.75) is 38.4 Å². The standard InChI is InChI=1S/C30H35N5O4/c1-22-7-11-25(12-8-22)30(37)34-21-27(19-28(34)29(36)32-17-16-31)33(18-15-23-5-3-2-4-6-23)20-24-9-13-26(14-10-24)35(38)39/h2-14,27-28H,15-21,31H2,1H3,(H,32,36). The van der Waals surface area contributed by atoms with Crippen LogP contribution in [-0.4, -0.2) is 64.8 Å². The number of likely N-dealkylation sites (tertiary alicyclic amines) is 1. The van der Waals surface area contributed by atoms with Crippen molar-refractivity contribution in [3.63, 3.8) is 0 Å². The van der Waals surface area contributed by atoms with Crippen LogP contribution in [0.25, 0.3) is 0 Å². The number of nitro benzene ring substituents is 1. The average Bonchev–Trinajstić information content (AvgIpc) is 3.40. The number of carbonyl (C=O) groups excluding carboxylic acids is 2. The highest BCUT2D eigenvalue weighted by Gasteiger charge is 2.41. The first-order valence-corrected chi connectivity index (χ1v) is 13.2. The van der Waals surface area contributed by atoms with Crippen molar-refractivity contribution in [3.8, 4) is 0 Å². The topological polar surface area (TPSA) is 122 Å². The molecule has 0 aliphatic carbocycles. The number of nitrogens with two attached hydrogens (primary N) is 1. The van der Waals surface area contributed by atoms with E-state index in [2.05, 4.69) is 22.3 Å². The molecule has 3 aromatic carbocycles. The monoisotopic (exact) mass is 529 g/mol. The first kappa shape index (κ1) is 27.9. The van der Waals surface area contributed by atoms with E-state index in [-0.39, 0.29) is 23.5 Å². The molecule has 0 aromatic heterocycles. The first-order valence-electron chi connectivity index (χ1n) is 13.2. The van der Waals surface area contributed by atoms with Gasteiger partial charge < -0.3 is 16.0 Å². The van der Waals surface area contributed by atoms with Gasteiger partial charge in [0.15, 0.2) is 0 Å². The highest BCUT2D eigenvalue weighted by Crippen LogP contribution is 2.27. The lowest BCUT2D eigenvalue weighted by Gasteiger charge is -2.29. The van der Waals surface area contributed by atoms with Gasteiger partial charge in [0.05, 0.1) is 4.92 Å². The van der Waals surface area contributed by atoms with Crippen molar-refractivity contribution < 1.29 is 14.5 Å². The maximum absolute atomic E-state index is 13.6. The number of hydrogen-bond donors (Lipinski definition) is 2. The molecule has 2 atom stereocenters. The second-order valence-electron chi connectivity index (χ2n) is 9.94. The van der Waals surface area contributed by atoms with Crippen molar-refractivity contribution >= 4 is 17.5 Å². The average molecular weight is 530 g/mol. The van der Waals surface area contributed by atoms with Crippen LogP contribution in [0.1, 0.15) is 33.5 Å². The Kier molecular flexibility index (Phi) is 9.40. The van der Waals surface area contributed by atoms with Gasteiger partial charge in [-0.2, -0.15) is 0 Å². The van der Waals surface area contributed by atoms with Gasteiger partial charge in [-0.1, -0.05) is 60.2 Å². The second kappa shape index (κ2) is 13.1. The normalized spacial score (nSPS) is 16.8. The van der Waals surface area contributed by atoms with Crippen molar-refractivity contribution in [2.75, 3.05) is 26.2 Å². The van der Waals surface area contributed by atoms with Crippen molar-refractivity contribution in [1.82, 2.24) is 15.1 Å². The number of hydrogen-bond acceptors (Lipinski definition) is 6. The Morgan fingerprint density at radius 2 is 1.72 bits per heavy atom. The molecule has 3 aromatic rings. The van der Waals surface area contributed by atoms with Gasteiger partial charge in [-0.25, -0.2) is 0 Å². The largest absolute Gasteiger partial charge is 0.353 e. The smallest absolute Gasteiger partial charge is 0.269 e. The van der Waals surface area contributed by atoms with Crippen molar-refractivity contribution in [2.24, 2.45) is 5.73 Å². The number of rotatable bonds is 11. The molecule has 1 aliphatic heterocycles. The van der Waals surface area contributed by atoms with E-state index in [1.807, 2.05) is 37.3 Å². The molecule has 9 heteroatoms. The summed E-state index contributed by atoms with van der Waals surface area (Å²) in [7, 11) is 0. The molecule has 3 N–H and O–H groups in total. The summed E-state index contributed by atoms with van der Waals surface area (Å²) in [5.74, 6) is -0.384. The molecule has 39 heavy (non-hydrogen) atoms. The van der Waals surface area contributed by atoms with E-state index in [4.69, 9.17) is 5.73 Å². The van der Waals surface area contributed by atoms with Gasteiger partial charge in [0, 0.05) is 56.5 Å². The molecule has 2 unspecified atom stereocenters. The molecule has 0 spiro atoms. The van der Waals surface area contributed by atoms with E-state index >= 15 is 0 Å². The maximum Gasteiger partial charge on any atom is 0.269 e. The molecule has 1 heterocycles. The highest BCUT2D eigenvalue weighted by atomic mass is 16.6. The molecule has 0 radical (unpaired) electrons. The lowest BCUT2D eigenvalue weighted by Crippen LogP contribution is -2.47. The lowest BCUT2D eigenvalue weighted by molar-refractivity contribution is -0.384. The summed E-state index contributed by atoms with van der Waals surface area (Å²) in [6, 6.07) is 23.4. The molecule has 0 saturated carbocycles. The van der Waals surface area contributed by atoms with Gasteiger partial charge in [0.2, 0.25) is 5.91 Å². The van der Waals surface area contributed by atoms with E-state index in [1.165, 1.54) is 17.7 Å². The van der Waals surface area contributed by atoms with Gasteiger partial charge in [0.25, 0.3) is 11.6 Å². The highest BCUT2D eigenvalue weighted by molar-refractivity contribution is 5.98. The molecular weight excluding hydrogens is 494 g/mol. The maximum atomic E-state index is 13.6. The van der Waals surface area contributed by atoms with Crippen LogP contribution in [0.4, 0.5) is 5.69 Å². The quantitative estimate of drug-likeness (QED) is 0.290. The van der Waals surface area contributed by atoms with Gasteiger partial charge in [-0.15, -0.1) is 0 Å². The van der Waals surface area contributed by atoms with Crippen LogP contribution in [0.5, 0.6) is 0 Å². The Hall–Kier alpha value is -4.08. The number of nitrogens with one attached hydrogen (secondary N) is 1. The summed E-state index contributed by atoms with van der Waals surface area (Å²) in [4.78, 5) is 41.4. The third-order valence-electron chi connectivity index (χ3n) is 7.16. The van der Waals surface area contributed by atoms with E-state index < -0.39 is 11.0 Å². The minimum atomic E-state index is -0.619. The van der Waals surface area contributed by atoms with Crippen molar-refractivity contribution in [1.29, 1.82) is 0 Å². The fourth-order valence-electron chi connectivity index (χ4n) is 4.99. The summed E-state index contributed by atoms with van der Waals surface area (Å²) in [6.07, 6.45) is 1.27. The molecule has 2 amide bonds. The zero-order valence-corrected chi connectivity index (χ0v) is 22.2. The van der Waals surface area contributed by atoms with Crippen LogP contribution in [-0.2, 0) is 17.8 Å². The predicted molar refractivity (Wildman–Crippen MR) is 150 cm³/mol. The van der Waals surface area contributed by atoms with E-state index in [0.29, 0.717) is 44.7 Å². The Balaban J connectivity index is 1.59. The van der Waals surface area contributed by atoms with Crippen LogP contribution in [0.2, 0.25) is 0 Å². The van der Waals surface area contributed by atoms with Gasteiger partial charge in [0.1, 0.15) is 6.04 Å². The zero-order valence-electron chi connectivity index (χ0n) is 22.2. The molecule has 4 rings (SSSR count). The Bertz CT molecular complexity index is 1260. The number of nitrogens with zero attached hydrogens (tertiary/aromatic N) is 3. The lowest BCUT2D eigenvalue weighted by atomic mass is 10.1. The molecule has 1 aliphatic rings. The Morgan fingerprint density at radius 1 is 1.03 bits per heavy atom. The summed E-state index contributed by atoms with van der Waals surface area (Å²) in [6.45, 7) is 4.26. The summed E-state index contributed by atoms with van der Waals surface area (Å²) < 4.78 is 0. The zero-order chi connectivity index (χ0) is 27.8. The molecule has 1 saturated heterocycles. The summed E-state index contributed by atoms with van der Waals surface area (Å²) in [5, 5.41) is 14.0. The van der Waals surface area contributed by atoms with Crippen LogP contribution >= 0.6 is 0 Å². The third-order valence-corrected chi connectivity index (χ3v) is 7.16. The number of aryl methyl sites for hydroxylation is 1. The van der Waals surface area contributed by atoms with E-state index in [9.17, 15) is 19.7 Å². The SMILES string of the molecule is Cc1ccc(C(=O)N2CC(N(CCc3ccccc3)Cc3ccc([N+](=O)[O-])cc3)CC2C(=O)NCCN)cc1. The Labute approximate surface area is 228 Å². The molecule has 0 bridgehead atoms. The van der Waals surface area contributed by atoms with E-state index in [0.717, 1.165) is 17.5 Å². The number of non-ortho nitro benzene ring substituents is 1. The van der Waals surface area contributed by atoms with Crippen molar-refractivity contribution in [3.05, 3.63) is 111 Å². The predicted octanol–water partition coefficient (Wildman–Crippen LogP) is 3.31. The van der Waals surface area contributed by atoms with Crippen LogP contribution in [0, 0.1) is 17.0 Å². The number of carbonyl (C=O) groups is 2. The number of benzene rings is 3. The molecule has 204 valence electrons. The van der Waals surface area contributed by atoms with Gasteiger partial charge in [-0.3, -0.25) is 24.6 Å². The Morgan fingerprint density at radius 3 is 2.36 bits per heavy atom. The number of amides is 2. The molecule has 9 nitrogen and oxygen atoms in total. The molecular formula is C30H35N5O4. The first-order chi connectivity index (χ1) is 18.9. The summed E-state index contributed by atoms with van der Waals surface area (Å²) in [5.41, 5.74) is 9.38. The van der Waals surface area contributed by atoms with Crippen LogP contribution in [0.3, 0.4) is 0 Å². The minimum absolute atomic E-state index is 0.0435. The molecule has 1 fully saturated rings. The fourth-order valence-corrected chi connectivity index (χ4v) is 4.99. The van der Waals surface area contributed by atoms with Crippen LogP contribution < -0.4 is 11.1 Å². The van der Waals surface area contributed by atoms with Gasteiger partial charge >= 0.3 is 0 Å². The second-order valence-corrected chi connectivity index (χ2v) is 9.94. The van der Waals surface area contributed by atoms with Crippen LogP contribution in [0.15, 0.2) is 78.9 Å².